The van der Waals surface area contributed by atoms with E-state index in [2.05, 4.69) is 62.3 Å². The predicted molar refractivity (Wildman–Crippen MR) is 93.8 cm³/mol. The summed E-state index contributed by atoms with van der Waals surface area (Å²) < 4.78 is 7.32. The summed E-state index contributed by atoms with van der Waals surface area (Å²) >= 11 is 4.29. The van der Waals surface area contributed by atoms with Gasteiger partial charge >= 0.3 is 0 Å². The first-order chi connectivity index (χ1) is 8.95. The molecule has 0 unspecified atom stereocenters. The van der Waals surface area contributed by atoms with Gasteiger partial charge in [0.1, 0.15) is 12.4 Å². The number of hydrogen-bond acceptors (Lipinski definition) is 3. The van der Waals surface area contributed by atoms with Crippen LogP contribution in [0.4, 0.5) is 0 Å². The van der Waals surface area contributed by atoms with Gasteiger partial charge < -0.3 is 4.74 Å². The molecule has 1 aromatic rings. The van der Waals surface area contributed by atoms with Gasteiger partial charge in [-0.25, -0.2) is 5.43 Å². The molecule has 1 N–H and O–H groups in total. The Morgan fingerprint density at radius 2 is 2.00 bits per heavy atom. The minimum Gasteiger partial charge on any atom is -0.487 e. The molecule has 19 heavy (non-hydrogen) atoms. The van der Waals surface area contributed by atoms with Gasteiger partial charge in [0, 0.05) is 11.3 Å². The van der Waals surface area contributed by atoms with E-state index >= 15 is 0 Å². The summed E-state index contributed by atoms with van der Waals surface area (Å²) in [4.78, 5) is 11.9. The lowest BCUT2D eigenvalue weighted by Crippen LogP contribution is -2.19. The van der Waals surface area contributed by atoms with Gasteiger partial charge in [0.15, 0.2) is 0 Å². The van der Waals surface area contributed by atoms with Crippen molar-refractivity contribution in [2.45, 2.75) is 13.8 Å². The van der Waals surface area contributed by atoms with Crippen LogP contribution in [0.5, 0.6) is 5.75 Å². The normalized spacial score (nSPS) is 9.68. The third kappa shape index (κ3) is 5.09. The van der Waals surface area contributed by atoms with E-state index < -0.39 is 0 Å². The zero-order chi connectivity index (χ0) is 14.4. The maximum atomic E-state index is 11.9. The number of benzene rings is 1. The average molecular weight is 484 g/mol. The molecule has 0 saturated carbocycles. The van der Waals surface area contributed by atoms with Crippen molar-refractivity contribution in [3.8, 4) is 5.75 Å². The van der Waals surface area contributed by atoms with E-state index in [0.717, 1.165) is 18.6 Å². The minimum atomic E-state index is -0.229. The summed E-state index contributed by atoms with van der Waals surface area (Å²) in [6.45, 7) is 7.69. The lowest BCUT2D eigenvalue weighted by molar-refractivity contribution is 0.0954. The van der Waals surface area contributed by atoms with Gasteiger partial charge in [-0.15, -0.1) is 0 Å². The van der Waals surface area contributed by atoms with Gasteiger partial charge in [0.05, 0.1) is 7.14 Å². The number of hydrazone groups is 1. The van der Waals surface area contributed by atoms with E-state index in [9.17, 15) is 4.79 Å². The Labute approximate surface area is 140 Å². The summed E-state index contributed by atoms with van der Waals surface area (Å²) in [7, 11) is 0. The lowest BCUT2D eigenvalue weighted by atomic mass is 10.2. The molecule has 0 aliphatic heterocycles. The van der Waals surface area contributed by atoms with Crippen molar-refractivity contribution in [3.05, 3.63) is 37.5 Å². The second-order valence-electron chi connectivity index (χ2n) is 3.87. The largest absolute Gasteiger partial charge is 0.487 e. The molecule has 1 amide bonds. The predicted octanol–water partition coefficient (Wildman–Crippen LogP) is 3.59. The van der Waals surface area contributed by atoms with Gasteiger partial charge in [-0.3, -0.25) is 4.79 Å². The van der Waals surface area contributed by atoms with E-state index in [4.69, 9.17) is 4.74 Å². The average Bonchev–Trinajstić information content (AvgIpc) is 2.34. The molecular formula is C13H14I2N2O2. The fraction of sp³-hybridized carbons (Fsp3) is 0.231. The number of carbonyl (C=O) groups excluding carboxylic acids is 1. The van der Waals surface area contributed by atoms with Gasteiger partial charge in [0.2, 0.25) is 0 Å². The SMILES string of the molecule is C=CCOc1c(I)cc(C(=O)NN=C(C)C)cc1I. The molecule has 0 bridgehead atoms. The van der Waals surface area contributed by atoms with Crippen LogP contribution in [0.25, 0.3) is 0 Å². The standard InChI is InChI=1S/C13H14I2N2O2/c1-4-5-19-12-10(14)6-9(7-11(12)15)13(18)17-16-8(2)3/h4,6-7H,1,5H2,2-3H3,(H,17,18). The van der Waals surface area contributed by atoms with Crippen molar-refractivity contribution in [1.29, 1.82) is 0 Å². The highest BCUT2D eigenvalue weighted by Crippen LogP contribution is 2.29. The van der Waals surface area contributed by atoms with Crippen molar-refractivity contribution in [3.63, 3.8) is 0 Å². The number of ether oxygens (including phenoxy) is 1. The highest BCUT2D eigenvalue weighted by molar-refractivity contribution is 14.1. The summed E-state index contributed by atoms with van der Waals surface area (Å²) in [6, 6.07) is 3.55. The third-order valence-electron chi connectivity index (χ3n) is 1.99. The first-order valence-electron chi connectivity index (χ1n) is 5.49. The molecule has 0 radical (unpaired) electrons. The van der Waals surface area contributed by atoms with E-state index in [-0.39, 0.29) is 5.91 Å². The number of rotatable bonds is 5. The number of halogens is 2. The number of carbonyl (C=O) groups is 1. The molecule has 0 spiro atoms. The van der Waals surface area contributed by atoms with Crippen molar-refractivity contribution >= 4 is 56.8 Å². The molecule has 0 aromatic heterocycles. The highest BCUT2D eigenvalue weighted by Gasteiger charge is 2.12. The fourth-order valence-electron chi connectivity index (χ4n) is 1.20. The van der Waals surface area contributed by atoms with E-state index in [1.54, 1.807) is 18.2 Å². The first kappa shape index (κ1) is 16.4. The molecule has 1 rings (SSSR count). The van der Waals surface area contributed by atoms with E-state index in [1.165, 1.54) is 0 Å². The molecule has 0 fully saturated rings. The fourth-order valence-corrected chi connectivity index (χ4v) is 3.28. The summed E-state index contributed by atoms with van der Waals surface area (Å²) in [5, 5.41) is 3.90. The molecule has 0 atom stereocenters. The van der Waals surface area contributed by atoms with Crippen LogP contribution in [0.2, 0.25) is 0 Å². The molecule has 6 heteroatoms. The maximum Gasteiger partial charge on any atom is 0.271 e. The molecule has 0 aliphatic rings. The van der Waals surface area contributed by atoms with Crippen LogP contribution in [0, 0.1) is 7.14 Å². The number of hydrogen-bond donors (Lipinski definition) is 1. The van der Waals surface area contributed by atoms with E-state index in [1.807, 2.05) is 13.8 Å². The van der Waals surface area contributed by atoms with Gasteiger partial charge in [-0.2, -0.15) is 5.10 Å². The van der Waals surface area contributed by atoms with Crippen LogP contribution in [-0.4, -0.2) is 18.2 Å². The van der Waals surface area contributed by atoms with Crippen LogP contribution < -0.4 is 10.2 Å². The zero-order valence-corrected chi connectivity index (χ0v) is 15.0. The Morgan fingerprint density at radius 3 is 2.47 bits per heavy atom. The van der Waals surface area contributed by atoms with Gasteiger partial charge in [0.25, 0.3) is 5.91 Å². The Bertz CT molecular complexity index is 500. The minimum absolute atomic E-state index is 0.229. The topological polar surface area (TPSA) is 50.7 Å². The Morgan fingerprint density at radius 1 is 1.42 bits per heavy atom. The lowest BCUT2D eigenvalue weighted by Gasteiger charge is -2.10. The molecule has 4 nitrogen and oxygen atoms in total. The van der Waals surface area contributed by atoms with Crippen LogP contribution >= 0.6 is 45.2 Å². The molecule has 0 heterocycles. The van der Waals surface area contributed by atoms with Crippen molar-refractivity contribution < 1.29 is 9.53 Å². The molecular weight excluding hydrogens is 470 g/mol. The third-order valence-corrected chi connectivity index (χ3v) is 3.59. The number of nitrogens with zero attached hydrogens (tertiary/aromatic N) is 1. The Hall–Kier alpha value is -0.640. The maximum absolute atomic E-state index is 11.9. The Kier molecular flexibility index (Phi) is 6.76. The van der Waals surface area contributed by atoms with Crippen LogP contribution in [-0.2, 0) is 0 Å². The van der Waals surface area contributed by atoms with Crippen LogP contribution in [0.3, 0.4) is 0 Å². The molecule has 0 aliphatic carbocycles. The molecule has 1 aromatic carbocycles. The number of nitrogens with one attached hydrogen (secondary N) is 1. The Balaban J connectivity index is 2.96. The molecule has 0 saturated heterocycles. The van der Waals surface area contributed by atoms with Gasteiger partial charge in [-0.05, 0) is 71.2 Å². The highest BCUT2D eigenvalue weighted by atomic mass is 127. The zero-order valence-electron chi connectivity index (χ0n) is 10.7. The van der Waals surface area contributed by atoms with E-state index in [0.29, 0.717) is 12.2 Å². The van der Waals surface area contributed by atoms with Crippen molar-refractivity contribution in [2.24, 2.45) is 5.10 Å². The smallest absolute Gasteiger partial charge is 0.271 e. The van der Waals surface area contributed by atoms with Crippen LogP contribution in [0.15, 0.2) is 29.9 Å². The van der Waals surface area contributed by atoms with Crippen LogP contribution in [0.1, 0.15) is 24.2 Å². The first-order valence-corrected chi connectivity index (χ1v) is 7.65. The van der Waals surface area contributed by atoms with Crippen molar-refractivity contribution in [2.75, 3.05) is 6.61 Å². The summed E-state index contributed by atoms with van der Waals surface area (Å²) in [6.07, 6.45) is 1.69. The summed E-state index contributed by atoms with van der Waals surface area (Å²) in [5.74, 6) is 0.542. The van der Waals surface area contributed by atoms with Gasteiger partial charge in [-0.1, -0.05) is 12.7 Å². The monoisotopic (exact) mass is 484 g/mol. The second kappa shape index (κ2) is 7.83. The second-order valence-corrected chi connectivity index (χ2v) is 6.19. The van der Waals surface area contributed by atoms with Crippen molar-refractivity contribution in [1.82, 2.24) is 5.43 Å². The quantitative estimate of drug-likeness (QED) is 0.301. The summed E-state index contributed by atoms with van der Waals surface area (Å²) in [5.41, 5.74) is 3.86. The number of amides is 1. The molecule has 102 valence electrons.